The number of aryl methyl sites for hydroxylation is 1. The molecule has 0 saturated carbocycles. The van der Waals surface area contributed by atoms with Gasteiger partial charge in [0.2, 0.25) is 0 Å². The molecule has 2 heterocycles. The minimum Gasteiger partial charge on any atom is -0.394 e. The highest BCUT2D eigenvalue weighted by Crippen LogP contribution is 2.21. The number of ether oxygens (including phenoxy) is 1. The third-order valence-corrected chi connectivity index (χ3v) is 2.93. The van der Waals surface area contributed by atoms with Crippen LogP contribution in [0.2, 0.25) is 0 Å². The highest BCUT2D eigenvalue weighted by atomic mass is 16.5. The van der Waals surface area contributed by atoms with Gasteiger partial charge in [-0.15, -0.1) is 0 Å². The molecule has 17 heavy (non-hydrogen) atoms. The summed E-state index contributed by atoms with van der Waals surface area (Å²) in [6, 6.07) is 0. The molecule has 0 aliphatic carbocycles. The number of aromatic nitrogens is 3. The Labute approximate surface area is 101 Å². The molecule has 1 fully saturated rings. The van der Waals surface area contributed by atoms with Crippen LogP contribution in [0.15, 0.2) is 6.33 Å². The summed E-state index contributed by atoms with van der Waals surface area (Å²) in [5.74, 6) is 0.930. The van der Waals surface area contributed by atoms with Crippen molar-refractivity contribution in [3.63, 3.8) is 0 Å². The van der Waals surface area contributed by atoms with E-state index in [2.05, 4.69) is 15.0 Å². The topological polar surface area (TPSA) is 63.4 Å². The van der Waals surface area contributed by atoms with Crippen LogP contribution in [-0.2, 0) is 18.3 Å². The minimum atomic E-state index is -0.232. The predicted molar refractivity (Wildman–Crippen MR) is 62.3 cm³/mol. The van der Waals surface area contributed by atoms with E-state index in [-0.39, 0.29) is 18.3 Å². The molecular formula is C11H20N4O2. The Morgan fingerprint density at radius 2 is 2.35 bits per heavy atom. The van der Waals surface area contributed by atoms with Gasteiger partial charge in [0, 0.05) is 20.1 Å². The van der Waals surface area contributed by atoms with Crippen molar-refractivity contribution in [2.24, 2.45) is 7.05 Å². The van der Waals surface area contributed by atoms with Crippen LogP contribution in [0.25, 0.3) is 0 Å². The molecule has 1 aliphatic rings. The van der Waals surface area contributed by atoms with Crippen molar-refractivity contribution in [3.8, 4) is 0 Å². The first-order valence-electron chi connectivity index (χ1n) is 5.84. The van der Waals surface area contributed by atoms with Crippen molar-refractivity contribution >= 4 is 0 Å². The van der Waals surface area contributed by atoms with Gasteiger partial charge < -0.3 is 9.84 Å². The third kappa shape index (κ3) is 3.02. The first-order chi connectivity index (χ1) is 8.00. The molecule has 0 amide bonds. The molecule has 96 valence electrons. The number of rotatable bonds is 3. The van der Waals surface area contributed by atoms with Gasteiger partial charge in [0.05, 0.1) is 24.9 Å². The Morgan fingerprint density at radius 3 is 2.94 bits per heavy atom. The van der Waals surface area contributed by atoms with Gasteiger partial charge in [0.15, 0.2) is 0 Å². The molecule has 6 nitrogen and oxygen atoms in total. The van der Waals surface area contributed by atoms with Crippen molar-refractivity contribution in [1.82, 2.24) is 19.7 Å². The number of aliphatic hydroxyl groups is 1. The lowest BCUT2D eigenvalue weighted by molar-refractivity contribution is -0.151. The highest BCUT2D eigenvalue weighted by Gasteiger charge is 2.33. The van der Waals surface area contributed by atoms with E-state index in [1.165, 1.54) is 0 Å². The first kappa shape index (κ1) is 12.5. The molecule has 1 aliphatic heterocycles. The normalized spacial score (nSPS) is 25.1. The Kier molecular flexibility index (Phi) is 3.46. The SMILES string of the molecule is Cn1ncnc1CN1CC(CO)OC(C)(C)C1. The van der Waals surface area contributed by atoms with Crippen molar-refractivity contribution in [3.05, 3.63) is 12.2 Å². The summed E-state index contributed by atoms with van der Waals surface area (Å²) in [4.78, 5) is 6.46. The summed E-state index contributed by atoms with van der Waals surface area (Å²) >= 11 is 0. The molecule has 6 heteroatoms. The van der Waals surface area contributed by atoms with Crippen LogP contribution in [0.3, 0.4) is 0 Å². The standard InChI is InChI=1S/C11H20N4O2/c1-11(2)7-15(4-9(6-16)17-11)5-10-12-8-13-14(10)3/h8-9,16H,4-7H2,1-3H3. The van der Waals surface area contributed by atoms with Crippen LogP contribution < -0.4 is 0 Å². The summed E-state index contributed by atoms with van der Waals surface area (Å²) < 4.78 is 7.54. The average molecular weight is 240 g/mol. The lowest BCUT2D eigenvalue weighted by Gasteiger charge is -2.42. The van der Waals surface area contributed by atoms with E-state index in [9.17, 15) is 5.11 Å². The molecule has 1 saturated heterocycles. The van der Waals surface area contributed by atoms with Gasteiger partial charge in [-0.3, -0.25) is 9.58 Å². The maximum absolute atomic E-state index is 9.24. The zero-order valence-corrected chi connectivity index (χ0v) is 10.6. The lowest BCUT2D eigenvalue weighted by atomic mass is 10.1. The second-order valence-electron chi connectivity index (χ2n) is 5.15. The van der Waals surface area contributed by atoms with E-state index in [0.717, 1.165) is 25.5 Å². The van der Waals surface area contributed by atoms with Crippen LogP contribution in [-0.4, -0.2) is 56.2 Å². The molecule has 0 radical (unpaired) electrons. The maximum Gasteiger partial charge on any atom is 0.140 e. The van der Waals surface area contributed by atoms with Gasteiger partial charge >= 0.3 is 0 Å². The smallest absolute Gasteiger partial charge is 0.140 e. The number of aliphatic hydroxyl groups excluding tert-OH is 1. The van der Waals surface area contributed by atoms with Gasteiger partial charge in [0.1, 0.15) is 12.2 Å². The van der Waals surface area contributed by atoms with Gasteiger partial charge in [-0.05, 0) is 13.8 Å². The second-order valence-corrected chi connectivity index (χ2v) is 5.15. The predicted octanol–water partition coefficient (Wildman–Crippen LogP) is -0.213. The number of hydrogen-bond donors (Lipinski definition) is 1. The van der Waals surface area contributed by atoms with Gasteiger partial charge in [-0.25, -0.2) is 4.98 Å². The third-order valence-electron chi connectivity index (χ3n) is 2.93. The summed E-state index contributed by atoms with van der Waals surface area (Å²) in [6.07, 6.45) is 1.44. The van der Waals surface area contributed by atoms with Crippen LogP contribution >= 0.6 is 0 Å². The van der Waals surface area contributed by atoms with Crippen LogP contribution in [0.4, 0.5) is 0 Å². The molecule has 0 bridgehead atoms. The molecule has 1 unspecified atom stereocenters. The Bertz CT molecular complexity index is 377. The Morgan fingerprint density at radius 1 is 1.59 bits per heavy atom. The van der Waals surface area contributed by atoms with Gasteiger partial charge in [0.25, 0.3) is 0 Å². The number of hydrogen-bond acceptors (Lipinski definition) is 5. The van der Waals surface area contributed by atoms with Crippen LogP contribution in [0.1, 0.15) is 19.7 Å². The molecule has 0 aromatic carbocycles. The zero-order chi connectivity index (χ0) is 12.5. The van der Waals surface area contributed by atoms with E-state index in [4.69, 9.17) is 4.74 Å². The van der Waals surface area contributed by atoms with Crippen LogP contribution in [0, 0.1) is 0 Å². The molecule has 2 rings (SSSR count). The molecule has 1 aromatic heterocycles. The van der Waals surface area contributed by atoms with E-state index in [1.807, 2.05) is 20.9 Å². The summed E-state index contributed by atoms with van der Waals surface area (Å²) in [5.41, 5.74) is -0.232. The molecule has 1 aromatic rings. The van der Waals surface area contributed by atoms with Crippen molar-refractivity contribution < 1.29 is 9.84 Å². The average Bonchev–Trinajstić information content (AvgIpc) is 2.62. The number of morpholine rings is 1. The van der Waals surface area contributed by atoms with Crippen molar-refractivity contribution in [1.29, 1.82) is 0 Å². The fourth-order valence-electron chi connectivity index (χ4n) is 2.30. The van der Waals surface area contributed by atoms with Crippen molar-refractivity contribution in [2.75, 3.05) is 19.7 Å². The monoisotopic (exact) mass is 240 g/mol. The quantitative estimate of drug-likeness (QED) is 0.792. The van der Waals surface area contributed by atoms with E-state index in [0.29, 0.717) is 0 Å². The second kappa shape index (κ2) is 4.72. The van der Waals surface area contributed by atoms with Gasteiger partial charge in [-0.1, -0.05) is 0 Å². The largest absolute Gasteiger partial charge is 0.394 e. The Hall–Kier alpha value is -0.980. The Balaban J connectivity index is 2.03. The van der Waals surface area contributed by atoms with E-state index in [1.54, 1.807) is 11.0 Å². The van der Waals surface area contributed by atoms with Crippen molar-refractivity contribution in [2.45, 2.75) is 32.1 Å². The molecule has 1 N–H and O–H groups in total. The van der Waals surface area contributed by atoms with Gasteiger partial charge in [-0.2, -0.15) is 5.10 Å². The summed E-state index contributed by atoms with van der Waals surface area (Å²) in [7, 11) is 1.89. The maximum atomic E-state index is 9.24. The zero-order valence-electron chi connectivity index (χ0n) is 10.6. The summed E-state index contributed by atoms with van der Waals surface area (Å²) in [6.45, 7) is 6.43. The minimum absolute atomic E-state index is 0.0543. The molecule has 1 atom stereocenters. The molecule has 0 spiro atoms. The fraction of sp³-hybridized carbons (Fsp3) is 0.818. The van der Waals surface area contributed by atoms with Crippen LogP contribution in [0.5, 0.6) is 0 Å². The van der Waals surface area contributed by atoms with E-state index < -0.39 is 0 Å². The first-order valence-corrected chi connectivity index (χ1v) is 5.84. The summed E-state index contributed by atoms with van der Waals surface area (Å²) in [5, 5.41) is 13.3. The number of nitrogens with zero attached hydrogens (tertiary/aromatic N) is 4. The molecular weight excluding hydrogens is 220 g/mol. The lowest BCUT2D eigenvalue weighted by Crippen LogP contribution is -2.53. The van der Waals surface area contributed by atoms with E-state index >= 15 is 0 Å². The fourth-order valence-corrected chi connectivity index (χ4v) is 2.30. The highest BCUT2D eigenvalue weighted by molar-refractivity contribution is 4.89.